The molecule has 1 unspecified atom stereocenters. The van der Waals surface area contributed by atoms with Gasteiger partial charge in [-0.2, -0.15) is 5.10 Å². The van der Waals surface area contributed by atoms with E-state index in [2.05, 4.69) is 46.5 Å². The molecule has 0 bridgehead atoms. The van der Waals surface area contributed by atoms with Gasteiger partial charge in [0.05, 0.1) is 6.04 Å². The molecule has 2 aliphatic rings. The van der Waals surface area contributed by atoms with Crippen molar-refractivity contribution < 1.29 is 9.59 Å². The van der Waals surface area contributed by atoms with Gasteiger partial charge < -0.3 is 5.32 Å². The Hall–Kier alpha value is -2.21. The first-order chi connectivity index (χ1) is 12.0. The first-order valence-electron chi connectivity index (χ1n) is 8.97. The number of hydrogen-bond donors (Lipinski definition) is 1. The zero-order chi connectivity index (χ0) is 17.8. The van der Waals surface area contributed by atoms with Gasteiger partial charge in [0.1, 0.15) is 5.71 Å². The lowest BCUT2D eigenvalue weighted by molar-refractivity contribution is -0.130. The largest absolute Gasteiger partial charge is 0.349 e. The van der Waals surface area contributed by atoms with E-state index in [0.29, 0.717) is 25.1 Å². The number of carbonyl (C=O) groups excluding carboxylic acids is 2. The number of carbonyl (C=O) groups is 2. The Kier molecular flexibility index (Phi) is 5.48. The second-order valence-electron chi connectivity index (χ2n) is 6.84. The van der Waals surface area contributed by atoms with Crippen LogP contribution >= 0.6 is 0 Å². The maximum atomic E-state index is 12.5. The van der Waals surface area contributed by atoms with Crippen LogP contribution in [0.25, 0.3) is 0 Å². The minimum Gasteiger partial charge on any atom is -0.349 e. The molecule has 2 heterocycles. The van der Waals surface area contributed by atoms with Crippen LogP contribution in [0.3, 0.4) is 0 Å². The van der Waals surface area contributed by atoms with Crippen molar-refractivity contribution in [2.75, 3.05) is 26.7 Å². The zero-order valence-corrected chi connectivity index (χ0v) is 15.0. The van der Waals surface area contributed by atoms with E-state index in [1.54, 1.807) is 7.05 Å². The highest BCUT2D eigenvalue weighted by Crippen LogP contribution is 2.25. The minimum absolute atomic E-state index is 0.0499. The number of hydrazone groups is 1. The van der Waals surface area contributed by atoms with Crippen LogP contribution in [-0.4, -0.2) is 54.1 Å². The summed E-state index contributed by atoms with van der Waals surface area (Å²) in [5, 5.41) is 8.39. The molecule has 3 rings (SSSR count). The SMILES string of the molecule is Cc1ccc(C(CNC(=O)C2=NN(C)C(=O)CC2)N2CCCC2)cc1. The number of benzene rings is 1. The Balaban J connectivity index is 1.68. The summed E-state index contributed by atoms with van der Waals surface area (Å²) in [6, 6.07) is 8.71. The Morgan fingerprint density at radius 3 is 2.52 bits per heavy atom. The van der Waals surface area contributed by atoms with Crippen molar-refractivity contribution in [1.82, 2.24) is 15.2 Å². The lowest BCUT2D eigenvalue weighted by Gasteiger charge is -2.28. The fourth-order valence-electron chi connectivity index (χ4n) is 3.42. The third-order valence-corrected chi connectivity index (χ3v) is 4.97. The zero-order valence-electron chi connectivity index (χ0n) is 15.0. The van der Waals surface area contributed by atoms with E-state index < -0.39 is 0 Å². The summed E-state index contributed by atoms with van der Waals surface area (Å²) in [4.78, 5) is 26.4. The fraction of sp³-hybridized carbons (Fsp3) is 0.526. The molecule has 1 saturated heterocycles. The molecule has 1 aromatic carbocycles. The Morgan fingerprint density at radius 2 is 1.88 bits per heavy atom. The number of hydrogen-bond acceptors (Lipinski definition) is 4. The first kappa shape index (κ1) is 17.6. The van der Waals surface area contributed by atoms with Crippen LogP contribution in [0.15, 0.2) is 29.4 Å². The quantitative estimate of drug-likeness (QED) is 0.888. The van der Waals surface area contributed by atoms with Crippen LogP contribution in [-0.2, 0) is 9.59 Å². The van der Waals surface area contributed by atoms with Crippen LogP contribution < -0.4 is 5.32 Å². The number of likely N-dealkylation sites (tertiary alicyclic amines) is 1. The summed E-state index contributed by atoms with van der Waals surface area (Å²) >= 11 is 0. The summed E-state index contributed by atoms with van der Waals surface area (Å²) in [5.41, 5.74) is 2.90. The van der Waals surface area contributed by atoms with Crippen LogP contribution in [0.1, 0.15) is 42.9 Å². The van der Waals surface area contributed by atoms with Crippen molar-refractivity contribution in [2.45, 2.75) is 38.6 Å². The second kappa shape index (κ2) is 7.78. The van der Waals surface area contributed by atoms with Gasteiger partial charge in [-0.1, -0.05) is 29.8 Å². The number of rotatable bonds is 5. The topological polar surface area (TPSA) is 65.0 Å². The summed E-state index contributed by atoms with van der Waals surface area (Å²) in [5.74, 6) is -0.221. The van der Waals surface area contributed by atoms with Crippen molar-refractivity contribution in [3.63, 3.8) is 0 Å². The molecule has 1 aromatic rings. The summed E-state index contributed by atoms with van der Waals surface area (Å²) in [6.07, 6.45) is 3.16. The summed E-state index contributed by atoms with van der Waals surface area (Å²) in [6.45, 7) is 4.76. The van der Waals surface area contributed by atoms with Gasteiger partial charge in [0.2, 0.25) is 5.91 Å². The average Bonchev–Trinajstić information content (AvgIpc) is 3.13. The van der Waals surface area contributed by atoms with E-state index in [-0.39, 0.29) is 17.9 Å². The Bertz CT molecular complexity index is 663. The van der Waals surface area contributed by atoms with Crippen LogP contribution in [0.4, 0.5) is 0 Å². The average molecular weight is 342 g/mol. The van der Waals surface area contributed by atoms with E-state index in [0.717, 1.165) is 13.1 Å². The Labute approximate surface area is 148 Å². The standard InChI is InChI=1S/C19H26N4O2/c1-14-5-7-15(8-6-14)17(23-11-3-4-12-23)13-20-19(25)16-9-10-18(24)22(2)21-16/h5-8,17H,3-4,9-13H2,1-2H3,(H,20,25). The molecule has 25 heavy (non-hydrogen) atoms. The van der Waals surface area contributed by atoms with Gasteiger partial charge >= 0.3 is 0 Å². The molecular formula is C19H26N4O2. The monoisotopic (exact) mass is 342 g/mol. The van der Waals surface area contributed by atoms with Crippen LogP contribution in [0, 0.1) is 6.92 Å². The molecule has 2 aliphatic heterocycles. The van der Waals surface area contributed by atoms with Crippen molar-refractivity contribution >= 4 is 17.5 Å². The minimum atomic E-state index is -0.171. The van der Waals surface area contributed by atoms with E-state index in [4.69, 9.17) is 0 Å². The van der Waals surface area contributed by atoms with Gasteiger partial charge in [-0.3, -0.25) is 14.5 Å². The van der Waals surface area contributed by atoms with Gasteiger partial charge in [0.25, 0.3) is 5.91 Å². The molecule has 2 amide bonds. The lowest BCUT2D eigenvalue weighted by Crippen LogP contribution is -2.41. The number of aryl methyl sites for hydroxylation is 1. The van der Waals surface area contributed by atoms with Crippen LogP contribution in [0.2, 0.25) is 0 Å². The van der Waals surface area contributed by atoms with E-state index in [1.165, 1.54) is 29.0 Å². The summed E-state index contributed by atoms with van der Waals surface area (Å²) in [7, 11) is 1.59. The molecule has 0 spiro atoms. The van der Waals surface area contributed by atoms with Crippen molar-refractivity contribution in [2.24, 2.45) is 5.10 Å². The smallest absolute Gasteiger partial charge is 0.267 e. The van der Waals surface area contributed by atoms with E-state index >= 15 is 0 Å². The van der Waals surface area contributed by atoms with Crippen molar-refractivity contribution in [3.8, 4) is 0 Å². The van der Waals surface area contributed by atoms with Gasteiger partial charge in [-0.25, -0.2) is 5.01 Å². The highest BCUT2D eigenvalue weighted by Gasteiger charge is 2.26. The van der Waals surface area contributed by atoms with Crippen molar-refractivity contribution in [1.29, 1.82) is 0 Å². The molecule has 134 valence electrons. The number of nitrogens with one attached hydrogen (secondary N) is 1. The van der Waals surface area contributed by atoms with Gasteiger partial charge in [-0.05, 0) is 38.4 Å². The van der Waals surface area contributed by atoms with E-state index in [9.17, 15) is 9.59 Å². The molecule has 6 heteroatoms. The lowest BCUT2D eigenvalue weighted by atomic mass is 10.0. The van der Waals surface area contributed by atoms with Gasteiger partial charge in [-0.15, -0.1) is 0 Å². The molecule has 6 nitrogen and oxygen atoms in total. The normalized spacial score (nSPS) is 19.7. The fourth-order valence-corrected chi connectivity index (χ4v) is 3.42. The first-order valence-corrected chi connectivity index (χ1v) is 8.97. The van der Waals surface area contributed by atoms with Gasteiger partial charge in [0, 0.05) is 26.4 Å². The second-order valence-corrected chi connectivity index (χ2v) is 6.84. The molecule has 0 radical (unpaired) electrons. The molecule has 0 aliphatic carbocycles. The highest BCUT2D eigenvalue weighted by molar-refractivity contribution is 6.39. The molecule has 0 saturated carbocycles. The van der Waals surface area contributed by atoms with Gasteiger partial charge in [0.15, 0.2) is 0 Å². The Morgan fingerprint density at radius 1 is 1.20 bits per heavy atom. The number of amides is 2. The molecular weight excluding hydrogens is 316 g/mol. The third-order valence-electron chi connectivity index (χ3n) is 4.97. The maximum absolute atomic E-state index is 12.5. The molecule has 1 atom stereocenters. The van der Waals surface area contributed by atoms with Crippen LogP contribution in [0.5, 0.6) is 0 Å². The molecule has 0 aromatic heterocycles. The third kappa shape index (κ3) is 4.25. The summed E-state index contributed by atoms with van der Waals surface area (Å²) < 4.78 is 0. The van der Waals surface area contributed by atoms with Crippen molar-refractivity contribution in [3.05, 3.63) is 35.4 Å². The number of nitrogens with zero attached hydrogens (tertiary/aromatic N) is 3. The predicted octanol–water partition coefficient (Wildman–Crippen LogP) is 1.86. The molecule has 1 fully saturated rings. The predicted molar refractivity (Wildman–Crippen MR) is 97.2 cm³/mol. The van der Waals surface area contributed by atoms with E-state index in [1.807, 2.05) is 0 Å². The highest BCUT2D eigenvalue weighted by atomic mass is 16.2. The molecule has 1 N–H and O–H groups in total. The maximum Gasteiger partial charge on any atom is 0.267 e.